The Labute approximate surface area is 125 Å². The van der Waals surface area contributed by atoms with E-state index in [0.29, 0.717) is 12.1 Å². The van der Waals surface area contributed by atoms with Crippen LogP contribution in [0.4, 0.5) is 0 Å². The van der Waals surface area contributed by atoms with Gasteiger partial charge in [0.25, 0.3) is 5.91 Å². The van der Waals surface area contributed by atoms with E-state index in [1.54, 1.807) is 18.0 Å². The molecule has 0 radical (unpaired) electrons. The molecule has 0 saturated carbocycles. The number of carbonyl (C=O) groups is 1. The van der Waals surface area contributed by atoms with Gasteiger partial charge in [-0.2, -0.15) is 0 Å². The number of carbonyl (C=O) groups excluding carboxylic acids is 1. The van der Waals surface area contributed by atoms with Crippen LogP contribution in [0.25, 0.3) is 0 Å². The Balaban J connectivity index is 2.07. The number of thiophene rings is 1. The third-order valence-corrected chi connectivity index (χ3v) is 3.63. The molecule has 2 N–H and O–H groups in total. The number of aliphatic hydroxyl groups excluding tert-OH is 1. The molecule has 0 bridgehead atoms. The Morgan fingerprint density at radius 1 is 1.48 bits per heavy atom. The molecule has 0 saturated heterocycles. The Bertz CT molecular complexity index is 752. The number of rotatable bonds is 3. The fourth-order valence-electron chi connectivity index (χ4n) is 1.79. The van der Waals surface area contributed by atoms with Crippen LogP contribution in [0.2, 0.25) is 0 Å². The number of pyridine rings is 1. The van der Waals surface area contributed by atoms with Crippen LogP contribution in [-0.2, 0) is 6.54 Å². The molecule has 0 fully saturated rings. The second-order valence-electron chi connectivity index (χ2n) is 4.38. The second kappa shape index (κ2) is 6.88. The van der Waals surface area contributed by atoms with E-state index < -0.39 is 0 Å². The van der Waals surface area contributed by atoms with Crippen molar-refractivity contribution in [1.82, 2.24) is 9.88 Å². The van der Waals surface area contributed by atoms with Gasteiger partial charge < -0.3 is 15.0 Å². The molecule has 2 heterocycles. The Morgan fingerprint density at radius 3 is 3.00 bits per heavy atom. The van der Waals surface area contributed by atoms with Gasteiger partial charge in [0.2, 0.25) is 5.56 Å². The predicted octanol–water partition coefficient (Wildman–Crippen LogP) is 1.05. The monoisotopic (exact) mass is 302 g/mol. The summed E-state index contributed by atoms with van der Waals surface area (Å²) in [7, 11) is 1.68. The molecule has 2 aromatic rings. The molecule has 2 aromatic heterocycles. The molecule has 5 nitrogen and oxygen atoms in total. The molecule has 0 aliphatic rings. The van der Waals surface area contributed by atoms with Crippen molar-refractivity contribution in [3.63, 3.8) is 0 Å². The third-order valence-electron chi connectivity index (χ3n) is 2.73. The summed E-state index contributed by atoms with van der Waals surface area (Å²) in [5.41, 5.74) is 1.02. The highest BCUT2D eigenvalue weighted by atomic mass is 32.1. The average Bonchev–Trinajstić information content (AvgIpc) is 2.91. The maximum atomic E-state index is 12.2. The number of amides is 1. The van der Waals surface area contributed by atoms with Gasteiger partial charge in [-0.25, -0.2) is 0 Å². The smallest absolute Gasteiger partial charge is 0.254 e. The topological polar surface area (TPSA) is 73.4 Å². The number of aliphatic hydroxyl groups is 1. The lowest BCUT2D eigenvalue weighted by Crippen LogP contribution is -2.27. The maximum absolute atomic E-state index is 12.2. The van der Waals surface area contributed by atoms with Gasteiger partial charge >= 0.3 is 0 Å². The minimum Gasteiger partial charge on any atom is -0.384 e. The van der Waals surface area contributed by atoms with Crippen LogP contribution in [0.3, 0.4) is 0 Å². The molecule has 0 aliphatic heterocycles. The summed E-state index contributed by atoms with van der Waals surface area (Å²) in [6.45, 7) is 0.261. The lowest BCUT2D eigenvalue weighted by Gasteiger charge is -2.16. The number of aromatic nitrogens is 1. The van der Waals surface area contributed by atoms with Crippen LogP contribution in [0.1, 0.15) is 20.8 Å². The molecule has 1 amide bonds. The maximum Gasteiger partial charge on any atom is 0.254 e. The minimum absolute atomic E-state index is 0.172. The molecule has 0 atom stereocenters. The first-order valence-corrected chi connectivity index (χ1v) is 7.09. The molecule has 0 spiro atoms. The van der Waals surface area contributed by atoms with Crippen molar-refractivity contribution >= 4 is 17.2 Å². The fourth-order valence-corrected chi connectivity index (χ4v) is 2.57. The van der Waals surface area contributed by atoms with E-state index in [4.69, 9.17) is 5.11 Å². The number of H-pyrrole nitrogens is 1. The van der Waals surface area contributed by atoms with Crippen molar-refractivity contribution in [3.8, 4) is 11.8 Å². The average molecular weight is 302 g/mol. The number of hydrogen-bond donors (Lipinski definition) is 2. The highest BCUT2D eigenvalue weighted by Gasteiger charge is 2.13. The van der Waals surface area contributed by atoms with Crippen LogP contribution >= 0.6 is 11.3 Å². The van der Waals surface area contributed by atoms with Crippen LogP contribution in [0.5, 0.6) is 0 Å². The summed E-state index contributed by atoms with van der Waals surface area (Å²) in [6.07, 6.45) is 1.45. The summed E-state index contributed by atoms with van der Waals surface area (Å²) < 4.78 is 0. The predicted molar refractivity (Wildman–Crippen MR) is 81.1 cm³/mol. The van der Waals surface area contributed by atoms with E-state index in [9.17, 15) is 9.59 Å². The molecule has 0 unspecified atom stereocenters. The lowest BCUT2D eigenvalue weighted by molar-refractivity contribution is 0.0785. The fraction of sp³-hybridized carbons (Fsp3) is 0.200. The number of hydrogen-bond acceptors (Lipinski definition) is 4. The van der Waals surface area contributed by atoms with Crippen LogP contribution in [0.15, 0.2) is 34.6 Å². The van der Waals surface area contributed by atoms with E-state index in [1.807, 2.05) is 11.4 Å². The van der Waals surface area contributed by atoms with Gasteiger partial charge in [0, 0.05) is 31.4 Å². The van der Waals surface area contributed by atoms with Crippen LogP contribution in [-0.4, -0.2) is 34.6 Å². The molecule has 21 heavy (non-hydrogen) atoms. The zero-order valence-electron chi connectivity index (χ0n) is 11.4. The molecule has 0 aliphatic carbocycles. The van der Waals surface area contributed by atoms with Gasteiger partial charge in [-0.15, -0.1) is 11.3 Å². The van der Waals surface area contributed by atoms with Gasteiger partial charge in [0.15, 0.2) is 0 Å². The first kappa shape index (κ1) is 15.0. The zero-order valence-corrected chi connectivity index (χ0v) is 12.2. The Kier molecular flexibility index (Phi) is 4.93. The molecule has 6 heteroatoms. The van der Waals surface area contributed by atoms with Crippen molar-refractivity contribution in [2.75, 3.05) is 13.7 Å². The summed E-state index contributed by atoms with van der Waals surface area (Å²) in [5, 5.41) is 10.6. The van der Waals surface area contributed by atoms with Crippen molar-refractivity contribution in [2.45, 2.75) is 6.54 Å². The Morgan fingerprint density at radius 2 is 2.29 bits per heavy atom. The summed E-state index contributed by atoms with van der Waals surface area (Å²) in [4.78, 5) is 28.3. The molecule has 108 valence electrons. The SMILES string of the molecule is CN(Cc1csc(C#CCO)c1)C(=O)c1cc[nH]c(=O)c1. The van der Waals surface area contributed by atoms with Crippen molar-refractivity contribution in [2.24, 2.45) is 0 Å². The largest absolute Gasteiger partial charge is 0.384 e. The minimum atomic E-state index is -0.300. The summed E-state index contributed by atoms with van der Waals surface area (Å²) >= 11 is 1.46. The number of nitrogens with zero attached hydrogens (tertiary/aromatic N) is 1. The molecular formula is C15H14N2O3S. The van der Waals surface area contributed by atoms with Gasteiger partial charge in [0.05, 0.1) is 4.88 Å². The second-order valence-corrected chi connectivity index (χ2v) is 5.29. The first-order valence-electron chi connectivity index (χ1n) is 6.21. The van der Waals surface area contributed by atoms with Crippen molar-refractivity contribution in [1.29, 1.82) is 0 Å². The number of nitrogens with one attached hydrogen (secondary N) is 1. The van der Waals surface area contributed by atoms with Crippen LogP contribution in [0, 0.1) is 11.8 Å². The van der Waals surface area contributed by atoms with Gasteiger partial charge in [0.1, 0.15) is 6.61 Å². The highest BCUT2D eigenvalue weighted by molar-refractivity contribution is 7.10. The zero-order chi connectivity index (χ0) is 15.2. The van der Waals surface area contributed by atoms with E-state index in [1.165, 1.54) is 23.6 Å². The van der Waals surface area contributed by atoms with Crippen LogP contribution < -0.4 is 5.56 Å². The molecular weight excluding hydrogens is 288 g/mol. The van der Waals surface area contributed by atoms with E-state index >= 15 is 0 Å². The summed E-state index contributed by atoms with van der Waals surface area (Å²) in [6, 6.07) is 4.74. The quantitative estimate of drug-likeness (QED) is 0.832. The number of aromatic amines is 1. The standard InChI is InChI=1S/C15H14N2O3S/c1-17(15(20)12-4-5-16-14(19)8-12)9-11-7-13(21-10-11)3-2-6-18/h4-5,7-8,10,18H,6,9H2,1H3,(H,16,19). The van der Waals surface area contributed by atoms with Gasteiger partial charge in [-0.05, 0) is 23.1 Å². The van der Waals surface area contributed by atoms with E-state index in [-0.39, 0.29) is 18.1 Å². The van der Waals surface area contributed by atoms with Gasteiger partial charge in [-0.1, -0.05) is 11.8 Å². The third kappa shape index (κ3) is 4.05. The highest BCUT2D eigenvalue weighted by Crippen LogP contribution is 2.15. The van der Waals surface area contributed by atoms with E-state index in [2.05, 4.69) is 16.8 Å². The summed E-state index contributed by atoms with van der Waals surface area (Å²) in [5.74, 6) is 5.20. The van der Waals surface area contributed by atoms with Crippen molar-refractivity contribution < 1.29 is 9.90 Å². The lowest BCUT2D eigenvalue weighted by atomic mass is 10.2. The first-order chi connectivity index (χ1) is 10.1. The Hall–Kier alpha value is -2.36. The van der Waals surface area contributed by atoms with Gasteiger partial charge in [-0.3, -0.25) is 9.59 Å². The molecule has 0 aromatic carbocycles. The normalized spacial score (nSPS) is 9.81. The molecule has 2 rings (SSSR count). The van der Waals surface area contributed by atoms with E-state index in [0.717, 1.165) is 10.4 Å². The van der Waals surface area contributed by atoms with Crippen molar-refractivity contribution in [3.05, 3.63) is 56.1 Å².